The summed E-state index contributed by atoms with van der Waals surface area (Å²) < 4.78 is 0. The lowest BCUT2D eigenvalue weighted by molar-refractivity contribution is -0.134. The smallest absolute Gasteiger partial charge is 0.322 e. The van der Waals surface area contributed by atoms with E-state index in [0.29, 0.717) is 0 Å². The highest BCUT2D eigenvalue weighted by Gasteiger charge is 1.99. The van der Waals surface area contributed by atoms with E-state index in [-0.39, 0.29) is 6.54 Å². The van der Waals surface area contributed by atoms with Gasteiger partial charge in [-0.3, -0.25) is 9.78 Å². The van der Waals surface area contributed by atoms with E-state index in [2.05, 4.69) is 10.3 Å². The minimum absolute atomic E-state index is 0.0771. The number of pyridine rings is 1. The number of aliphatic carboxylic acids is 1. The van der Waals surface area contributed by atoms with Gasteiger partial charge in [0.15, 0.2) is 0 Å². The summed E-state index contributed by atoms with van der Waals surface area (Å²) in [6.07, 6.45) is 3.52. The van der Waals surface area contributed by atoms with E-state index in [0.717, 1.165) is 16.8 Å². The maximum Gasteiger partial charge on any atom is 0.322 e. The van der Waals surface area contributed by atoms with Gasteiger partial charge in [-0.05, 0) is 29.3 Å². The lowest BCUT2D eigenvalue weighted by Crippen LogP contribution is -2.11. The molecule has 1 aromatic heterocycles. The molecule has 1 heterocycles. The van der Waals surface area contributed by atoms with Crippen molar-refractivity contribution in [2.45, 2.75) is 0 Å². The number of nitrogens with zero attached hydrogens (tertiary/aromatic N) is 1. The molecule has 0 aliphatic rings. The van der Waals surface area contributed by atoms with E-state index in [1.54, 1.807) is 12.4 Å². The van der Waals surface area contributed by atoms with Crippen molar-refractivity contribution in [3.05, 3.63) is 48.8 Å². The van der Waals surface area contributed by atoms with Gasteiger partial charge in [-0.1, -0.05) is 18.2 Å². The van der Waals surface area contributed by atoms with Gasteiger partial charge in [0.2, 0.25) is 0 Å². The Balaban J connectivity index is 2.11. The molecule has 2 N–H and O–H groups in total. The zero-order valence-corrected chi connectivity index (χ0v) is 9.13. The highest BCUT2D eigenvalue weighted by Crippen LogP contribution is 2.19. The van der Waals surface area contributed by atoms with Crippen LogP contribution in [0.1, 0.15) is 0 Å². The lowest BCUT2D eigenvalue weighted by atomic mass is 10.1. The van der Waals surface area contributed by atoms with Gasteiger partial charge in [-0.25, -0.2) is 0 Å². The Kier molecular flexibility index (Phi) is 3.35. The van der Waals surface area contributed by atoms with Crippen LogP contribution in [0.3, 0.4) is 0 Å². The summed E-state index contributed by atoms with van der Waals surface area (Å²) in [6, 6.07) is 11.4. The van der Waals surface area contributed by atoms with Crippen molar-refractivity contribution in [2.75, 3.05) is 11.9 Å². The molecule has 0 fully saturated rings. The molecule has 1 aromatic carbocycles. The first-order valence-corrected chi connectivity index (χ1v) is 5.22. The molecule has 0 atom stereocenters. The number of benzene rings is 1. The summed E-state index contributed by atoms with van der Waals surface area (Å²) in [7, 11) is 0. The molecule has 86 valence electrons. The summed E-state index contributed by atoms with van der Waals surface area (Å²) in [5.74, 6) is -0.874. The average molecular weight is 228 g/mol. The highest BCUT2D eigenvalue weighted by molar-refractivity contribution is 5.73. The second-order valence-electron chi connectivity index (χ2n) is 3.57. The van der Waals surface area contributed by atoms with Crippen LogP contribution in [0, 0.1) is 0 Å². The van der Waals surface area contributed by atoms with Crippen LogP contribution in [0.15, 0.2) is 48.8 Å². The van der Waals surface area contributed by atoms with Crippen LogP contribution in [0.4, 0.5) is 5.69 Å². The SMILES string of the molecule is O=C(O)CNc1ccc(-c2cccnc2)cc1. The van der Waals surface area contributed by atoms with Gasteiger partial charge in [0.25, 0.3) is 0 Å². The van der Waals surface area contributed by atoms with Gasteiger partial charge in [0, 0.05) is 18.1 Å². The molecule has 0 spiro atoms. The Hall–Kier alpha value is -2.36. The second-order valence-corrected chi connectivity index (χ2v) is 3.57. The quantitative estimate of drug-likeness (QED) is 0.842. The van der Waals surface area contributed by atoms with Crippen LogP contribution in [-0.4, -0.2) is 22.6 Å². The highest BCUT2D eigenvalue weighted by atomic mass is 16.4. The number of aromatic nitrogens is 1. The fourth-order valence-corrected chi connectivity index (χ4v) is 1.49. The zero-order chi connectivity index (χ0) is 12.1. The van der Waals surface area contributed by atoms with Crippen molar-refractivity contribution < 1.29 is 9.90 Å². The predicted molar refractivity (Wildman–Crippen MR) is 65.8 cm³/mol. The van der Waals surface area contributed by atoms with E-state index in [4.69, 9.17) is 5.11 Å². The van der Waals surface area contributed by atoms with Crippen molar-refractivity contribution in [3.63, 3.8) is 0 Å². The Morgan fingerprint density at radius 3 is 2.53 bits per heavy atom. The number of carboxylic acid groups (broad SMARTS) is 1. The molecule has 2 aromatic rings. The molecule has 4 nitrogen and oxygen atoms in total. The Morgan fingerprint density at radius 1 is 1.18 bits per heavy atom. The maximum absolute atomic E-state index is 10.4. The minimum atomic E-state index is -0.874. The monoisotopic (exact) mass is 228 g/mol. The molecule has 0 aliphatic carbocycles. The van der Waals surface area contributed by atoms with Crippen LogP contribution in [0.2, 0.25) is 0 Å². The van der Waals surface area contributed by atoms with E-state index in [1.807, 2.05) is 36.4 Å². The number of hydrogen-bond acceptors (Lipinski definition) is 3. The first kappa shape index (κ1) is 11.1. The molecular formula is C13H12N2O2. The largest absolute Gasteiger partial charge is 0.480 e. The van der Waals surface area contributed by atoms with E-state index in [1.165, 1.54) is 0 Å². The second kappa shape index (κ2) is 5.12. The number of rotatable bonds is 4. The standard InChI is InChI=1S/C13H12N2O2/c16-13(17)9-15-12-5-3-10(4-6-12)11-2-1-7-14-8-11/h1-8,15H,9H2,(H,16,17). The van der Waals surface area contributed by atoms with Gasteiger partial charge < -0.3 is 10.4 Å². The lowest BCUT2D eigenvalue weighted by Gasteiger charge is -2.05. The number of nitrogens with one attached hydrogen (secondary N) is 1. The van der Waals surface area contributed by atoms with Gasteiger partial charge in [0.1, 0.15) is 6.54 Å². The van der Waals surface area contributed by atoms with Crippen molar-refractivity contribution in [1.82, 2.24) is 4.98 Å². The molecule has 17 heavy (non-hydrogen) atoms. The summed E-state index contributed by atoms with van der Waals surface area (Å²) in [5.41, 5.74) is 2.89. The Bertz CT molecular complexity index is 495. The van der Waals surface area contributed by atoms with Crippen LogP contribution in [0.25, 0.3) is 11.1 Å². The first-order chi connectivity index (χ1) is 8.25. The summed E-state index contributed by atoms with van der Waals surface area (Å²) in [5, 5.41) is 11.3. The average Bonchev–Trinajstić information content (AvgIpc) is 2.38. The minimum Gasteiger partial charge on any atom is -0.480 e. The van der Waals surface area contributed by atoms with Crippen molar-refractivity contribution in [2.24, 2.45) is 0 Å². The normalized spacial score (nSPS) is 9.88. The molecule has 0 bridgehead atoms. The Morgan fingerprint density at radius 2 is 1.94 bits per heavy atom. The van der Waals surface area contributed by atoms with Crippen molar-refractivity contribution in [1.29, 1.82) is 0 Å². The zero-order valence-electron chi connectivity index (χ0n) is 9.13. The van der Waals surface area contributed by atoms with E-state index < -0.39 is 5.97 Å². The molecule has 0 aliphatic heterocycles. The number of carboxylic acids is 1. The van der Waals surface area contributed by atoms with Gasteiger partial charge >= 0.3 is 5.97 Å². The van der Waals surface area contributed by atoms with Crippen LogP contribution < -0.4 is 5.32 Å². The third-order valence-corrected chi connectivity index (χ3v) is 2.32. The fourth-order valence-electron chi connectivity index (χ4n) is 1.49. The third kappa shape index (κ3) is 3.04. The molecular weight excluding hydrogens is 216 g/mol. The molecule has 0 amide bonds. The van der Waals surface area contributed by atoms with Crippen molar-refractivity contribution in [3.8, 4) is 11.1 Å². The van der Waals surface area contributed by atoms with E-state index >= 15 is 0 Å². The molecule has 2 rings (SSSR count). The molecule has 0 saturated heterocycles. The molecule has 4 heteroatoms. The van der Waals surface area contributed by atoms with Gasteiger partial charge in [-0.2, -0.15) is 0 Å². The predicted octanol–water partition coefficient (Wildman–Crippen LogP) is 2.25. The van der Waals surface area contributed by atoms with Crippen molar-refractivity contribution >= 4 is 11.7 Å². The number of anilines is 1. The molecule has 0 unspecified atom stereocenters. The number of carbonyl (C=O) groups is 1. The van der Waals surface area contributed by atoms with Gasteiger partial charge in [0.05, 0.1) is 0 Å². The summed E-state index contributed by atoms with van der Waals surface area (Å²) in [4.78, 5) is 14.4. The molecule has 0 radical (unpaired) electrons. The third-order valence-electron chi connectivity index (χ3n) is 2.32. The topological polar surface area (TPSA) is 62.2 Å². The Labute approximate surface area is 98.9 Å². The number of hydrogen-bond donors (Lipinski definition) is 2. The molecule has 0 saturated carbocycles. The maximum atomic E-state index is 10.4. The van der Waals surface area contributed by atoms with Crippen LogP contribution in [-0.2, 0) is 4.79 Å². The van der Waals surface area contributed by atoms with Gasteiger partial charge in [-0.15, -0.1) is 0 Å². The summed E-state index contributed by atoms with van der Waals surface area (Å²) >= 11 is 0. The van der Waals surface area contributed by atoms with Crippen LogP contribution >= 0.6 is 0 Å². The fraction of sp³-hybridized carbons (Fsp3) is 0.0769. The summed E-state index contributed by atoms with van der Waals surface area (Å²) in [6.45, 7) is -0.0771. The van der Waals surface area contributed by atoms with E-state index in [9.17, 15) is 4.79 Å². The van der Waals surface area contributed by atoms with Crippen LogP contribution in [0.5, 0.6) is 0 Å². The first-order valence-electron chi connectivity index (χ1n) is 5.22.